The quantitative estimate of drug-likeness (QED) is 0.290. The van der Waals surface area contributed by atoms with Crippen LogP contribution in [0.15, 0.2) is 35.4 Å². The SMILES string of the molecule is CC(=NNc1cc(C)c2cc(C)cc(C)c2n1)c1ccc(Cl)c(Cl)c1Cl. The van der Waals surface area contributed by atoms with Crippen molar-refractivity contribution in [1.29, 1.82) is 0 Å². The van der Waals surface area contributed by atoms with Crippen LogP contribution in [0.25, 0.3) is 10.9 Å². The normalized spacial score (nSPS) is 11.9. The maximum atomic E-state index is 6.27. The summed E-state index contributed by atoms with van der Waals surface area (Å²) in [7, 11) is 0. The average Bonchev–Trinajstić information content (AvgIpc) is 2.59. The van der Waals surface area contributed by atoms with E-state index in [-0.39, 0.29) is 0 Å². The Morgan fingerprint density at radius 2 is 1.69 bits per heavy atom. The van der Waals surface area contributed by atoms with E-state index in [9.17, 15) is 0 Å². The summed E-state index contributed by atoms with van der Waals surface area (Å²) >= 11 is 18.4. The van der Waals surface area contributed by atoms with Gasteiger partial charge in [-0.25, -0.2) is 4.98 Å². The van der Waals surface area contributed by atoms with Gasteiger partial charge in [-0.2, -0.15) is 5.10 Å². The van der Waals surface area contributed by atoms with Gasteiger partial charge in [0.1, 0.15) is 5.82 Å². The van der Waals surface area contributed by atoms with Gasteiger partial charge < -0.3 is 0 Å². The Morgan fingerprint density at radius 1 is 0.962 bits per heavy atom. The van der Waals surface area contributed by atoms with Crippen molar-refractivity contribution in [2.45, 2.75) is 27.7 Å². The van der Waals surface area contributed by atoms with E-state index in [1.165, 1.54) is 5.56 Å². The van der Waals surface area contributed by atoms with Gasteiger partial charge >= 0.3 is 0 Å². The molecular weight excluding hydrogens is 389 g/mol. The first kappa shape index (κ1) is 19.0. The summed E-state index contributed by atoms with van der Waals surface area (Å²) < 4.78 is 0. The van der Waals surface area contributed by atoms with E-state index < -0.39 is 0 Å². The van der Waals surface area contributed by atoms with Gasteiger partial charge in [0.15, 0.2) is 0 Å². The first-order valence-corrected chi connectivity index (χ1v) is 9.24. The van der Waals surface area contributed by atoms with Crippen LogP contribution >= 0.6 is 34.8 Å². The zero-order valence-electron chi connectivity index (χ0n) is 14.9. The van der Waals surface area contributed by atoms with E-state index in [0.717, 1.165) is 27.6 Å². The van der Waals surface area contributed by atoms with Crippen LogP contribution in [-0.2, 0) is 0 Å². The highest BCUT2D eigenvalue weighted by Gasteiger charge is 2.11. The predicted octanol–water partition coefficient (Wildman–Crippen LogP) is 6.96. The molecule has 0 aliphatic heterocycles. The number of aromatic nitrogens is 1. The summed E-state index contributed by atoms with van der Waals surface area (Å²) in [5.41, 5.74) is 8.91. The molecule has 0 atom stereocenters. The lowest BCUT2D eigenvalue weighted by atomic mass is 10.0. The van der Waals surface area contributed by atoms with E-state index in [2.05, 4.69) is 43.4 Å². The van der Waals surface area contributed by atoms with Gasteiger partial charge in [0.25, 0.3) is 0 Å². The maximum Gasteiger partial charge on any atom is 0.147 e. The third kappa shape index (κ3) is 3.66. The second-order valence-corrected chi connectivity index (χ2v) is 7.50. The number of benzene rings is 2. The maximum absolute atomic E-state index is 6.27. The van der Waals surface area contributed by atoms with Crippen LogP contribution in [0.5, 0.6) is 0 Å². The molecule has 0 aliphatic rings. The van der Waals surface area contributed by atoms with E-state index >= 15 is 0 Å². The molecule has 0 amide bonds. The second kappa shape index (κ2) is 7.43. The lowest BCUT2D eigenvalue weighted by Crippen LogP contribution is -2.03. The summed E-state index contributed by atoms with van der Waals surface area (Å²) in [5, 5.41) is 6.69. The minimum atomic E-state index is 0.325. The fourth-order valence-electron chi connectivity index (χ4n) is 2.91. The van der Waals surface area contributed by atoms with Crippen LogP contribution in [0.4, 0.5) is 5.82 Å². The van der Waals surface area contributed by atoms with Gasteiger partial charge in [-0.1, -0.05) is 52.5 Å². The molecule has 1 aromatic heterocycles. The van der Waals surface area contributed by atoms with Crippen molar-refractivity contribution in [1.82, 2.24) is 4.98 Å². The van der Waals surface area contributed by atoms with E-state index in [1.54, 1.807) is 12.1 Å². The highest BCUT2D eigenvalue weighted by atomic mass is 35.5. The smallest absolute Gasteiger partial charge is 0.147 e. The Morgan fingerprint density at radius 3 is 2.42 bits per heavy atom. The van der Waals surface area contributed by atoms with Gasteiger partial charge in [-0.3, -0.25) is 5.43 Å². The minimum Gasteiger partial charge on any atom is -0.261 e. The molecule has 0 unspecified atom stereocenters. The zero-order valence-corrected chi connectivity index (χ0v) is 17.2. The number of nitrogens with zero attached hydrogens (tertiary/aromatic N) is 2. The Kier molecular flexibility index (Phi) is 5.42. The lowest BCUT2D eigenvalue weighted by Gasteiger charge is -2.11. The van der Waals surface area contributed by atoms with Crippen molar-refractivity contribution >= 4 is 57.2 Å². The fraction of sp³-hybridized carbons (Fsp3) is 0.200. The van der Waals surface area contributed by atoms with E-state index in [0.29, 0.717) is 26.6 Å². The number of hydrogen-bond donors (Lipinski definition) is 1. The molecule has 3 rings (SSSR count). The Balaban J connectivity index is 1.97. The van der Waals surface area contributed by atoms with Crippen molar-refractivity contribution in [3.8, 4) is 0 Å². The summed E-state index contributed by atoms with van der Waals surface area (Å²) in [6.07, 6.45) is 0. The zero-order chi connectivity index (χ0) is 19.0. The molecule has 0 saturated carbocycles. The van der Waals surface area contributed by atoms with Gasteiger partial charge in [0, 0.05) is 10.9 Å². The van der Waals surface area contributed by atoms with Crippen molar-refractivity contribution in [3.63, 3.8) is 0 Å². The third-order valence-corrected chi connectivity index (χ3v) is 5.51. The van der Waals surface area contributed by atoms with Crippen LogP contribution in [0, 0.1) is 20.8 Å². The molecule has 0 aliphatic carbocycles. The summed E-state index contributed by atoms with van der Waals surface area (Å²) in [4.78, 5) is 4.70. The molecule has 1 heterocycles. The van der Waals surface area contributed by atoms with E-state index in [4.69, 9.17) is 39.8 Å². The number of nitrogens with one attached hydrogen (secondary N) is 1. The molecule has 0 bridgehead atoms. The van der Waals surface area contributed by atoms with Gasteiger partial charge in [-0.15, -0.1) is 0 Å². The summed E-state index contributed by atoms with van der Waals surface area (Å²) in [6.45, 7) is 8.07. The minimum absolute atomic E-state index is 0.325. The lowest BCUT2D eigenvalue weighted by molar-refractivity contribution is 1.23. The van der Waals surface area contributed by atoms with Crippen molar-refractivity contribution in [3.05, 3.63) is 67.7 Å². The molecule has 3 aromatic rings. The number of anilines is 1. The third-order valence-electron chi connectivity index (χ3n) is 4.22. The predicted molar refractivity (Wildman–Crippen MR) is 113 cm³/mol. The van der Waals surface area contributed by atoms with Crippen molar-refractivity contribution in [2.24, 2.45) is 5.10 Å². The average molecular weight is 407 g/mol. The monoisotopic (exact) mass is 405 g/mol. The number of fused-ring (bicyclic) bond motifs is 1. The molecule has 134 valence electrons. The molecule has 0 radical (unpaired) electrons. The Hall–Kier alpha value is -1.81. The van der Waals surface area contributed by atoms with Gasteiger partial charge in [0.05, 0.1) is 26.3 Å². The molecule has 3 nitrogen and oxygen atoms in total. The number of hydrogen-bond acceptors (Lipinski definition) is 3. The summed E-state index contributed by atoms with van der Waals surface area (Å²) in [6, 6.07) is 9.76. The second-order valence-electron chi connectivity index (χ2n) is 6.33. The number of hydrazone groups is 1. The molecule has 26 heavy (non-hydrogen) atoms. The van der Waals surface area contributed by atoms with Crippen LogP contribution in [-0.4, -0.2) is 10.7 Å². The largest absolute Gasteiger partial charge is 0.261 e. The number of halogens is 3. The first-order chi connectivity index (χ1) is 12.3. The molecule has 0 spiro atoms. The van der Waals surface area contributed by atoms with Crippen LogP contribution in [0.3, 0.4) is 0 Å². The Bertz CT molecular complexity index is 1040. The van der Waals surface area contributed by atoms with Crippen molar-refractivity contribution in [2.75, 3.05) is 5.43 Å². The fourth-order valence-corrected chi connectivity index (χ4v) is 3.58. The standard InChI is InChI=1S/C20H18Cl3N3/c1-10-7-12(3)20-15(8-10)11(2)9-17(24-20)26-25-13(4)14-5-6-16(21)19(23)18(14)22/h5-9H,1-4H3,(H,24,26). The highest BCUT2D eigenvalue weighted by Crippen LogP contribution is 2.33. The van der Waals surface area contributed by atoms with E-state index in [1.807, 2.05) is 13.0 Å². The molecule has 0 fully saturated rings. The molecule has 0 saturated heterocycles. The Labute approximate surface area is 168 Å². The molecule has 2 aromatic carbocycles. The van der Waals surface area contributed by atoms with Gasteiger partial charge in [-0.05, 0) is 57.0 Å². The van der Waals surface area contributed by atoms with Crippen molar-refractivity contribution < 1.29 is 0 Å². The highest BCUT2D eigenvalue weighted by molar-refractivity contribution is 6.49. The van der Waals surface area contributed by atoms with Gasteiger partial charge in [0.2, 0.25) is 0 Å². The summed E-state index contributed by atoms with van der Waals surface area (Å²) in [5.74, 6) is 0.678. The number of aryl methyl sites for hydroxylation is 3. The van der Waals surface area contributed by atoms with Crippen LogP contribution in [0.1, 0.15) is 29.2 Å². The first-order valence-electron chi connectivity index (χ1n) is 8.10. The molecule has 6 heteroatoms. The molecular formula is C20H18Cl3N3. The molecule has 1 N–H and O–H groups in total. The van der Waals surface area contributed by atoms with Crippen LogP contribution < -0.4 is 5.43 Å². The van der Waals surface area contributed by atoms with Crippen LogP contribution in [0.2, 0.25) is 15.1 Å². The number of pyridine rings is 1. The number of rotatable bonds is 3. The topological polar surface area (TPSA) is 37.3 Å².